The number of hydrogen-bond acceptors (Lipinski definition) is 3. The Balaban J connectivity index is 2.94. The van der Waals surface area contributed by atoms with Gasteiger partial charge in [0, 0.05) is 16.6 Å². The van der Waals surface area contributed by atoms with Crippen molar-refractivity contribution in [2.75, 3.05) is 0 Å². The number of nitrogens with one attached hydrogen (secondary N) is 1. The molecular formula is C12H10NO3-. The first-order chi connectivity index (χ1) is 7.65. The number of rotatable bonds is 2. The number of para-hydroxylation sites is 1. The van der Waals surface area contributed by atoms with E-state index in [1.165, 1.54) is 0 Å². The summed E-state index contributed by atoms with van der Waals surface area (Å²) in [6, 6.07) is 6.83. The monoisotopic (exact) mass is 216 g/mol. The van der Waals surface area contributed by atoms with Gasteiger partial charge in [-0.3, -0.25) is 4.79 Å². The SMILES string of the molecule is CCc1[nH]c2ccccc2c(=O)c1C(=O)[O-]. The number of hydrogen-bond donors (Lipinski definition) is 1. The first kappa shape index (κ1) is 10.4. The van der Waals surface area contributed by atoms with Crippen LogP contribution in [0, 0.1) is 0 Å². The summed E-state index contributed by atoms with van der Waals surface area (Å²) in [5.74, 6) is -1.43. The molecule has 0 aliphatic heterocycles. The average molecular weight is 216 g/mol. The molecule has 0 aliphatic carbocycles. The molecule has 4 heteroatoms. The van der Waals surface area contributed by atoms with Gasteiger partial charge in [0.25, 0.3) is 0 Å². The van der Waals surface area contributed by atoms with Gasteiger partial charge in [-0.25, -0.2) is 0 Å². The van der Waals surface area contributed by atoms with Crippen LogP contribution in [-0.4, -0.2) is 11.0 Å². The maximum atomic E-state index is 11.9. The minimum atomic E-state index is -1.43. The number of carboxylic acids is 1. The van der Waals surface area contributed by atoms with Crippen molar-refractivity contribution >= 4 is 16.9 Å². The number of aromatic amines is 1. The molecule has 0 radical (unpaired) electrons. The summed E-state index contributed by atoms with van der Waals surface area (Å²) in [5.41, 5.74) is 0.311. The van der Waals surface area contributed by atoms with Gasteiger partial charge in [-0.05, 0) is 18.6 Å². The van der Waals surface area contributed by atoms with Crippen molar-refractivity contribution in [3.63, 3.8) is 0 Å². The quantitative estimate of drug-likeness (QED) is 0.792. The van der Waals surface area contributed by atoms with Gasteiger partial charge in [0.05, 0.1) is 11.5 Å². The Kier molecular flexibility index (Phi) is 2.48. The van der Waals surface area contributed by atoms with Crippen LogP contribution in [0.15, 0.2) is 29.1 Å². The zero-order valence-electron chi connectivity index (χ0n) is 8.74. The highest BCUT2D eigenvalue weighted by atomic mass is 16.4. The number of aryl methyl sites for hydroxylation is 1. The summed E-state index contributed by atoms with van der Waals surface area (Å²) in [7, 11) is 0. The first-order valence-electron chi connectivity index (χ1n) is 5.00. The fourth-order valence-electron chi connectivity index (χ4n) is 1.77. The second kappa shape index (κ2) is 3.81. The van der Waals surface area contributed by atoms with Gasteiger partial charge in [-0.15, -0.1) is 0 Å². The lowest BCUT2D eigenvalue weighted by Crippen LogP contribution is -2.31. The van der Waals surface area contributed by atoms with Crippen LogP contribution < -0.4 is 10.5 Å². The molecule has 1 heterocycles. The number of aromatic nitrogens is 1. The Hall–Kier alpha value is -2.10. The third-order valence-electron chi connectivity index (χ3n) is 2.54. The zero-order chi connectivity index (χ0) is 11.7. The van der Waals surface area contributed by atoms with E-state index >= 15 is 0 Å². The number of aromatic carboxylic acids is 1. The fraction of sp³-hybridized carbons (Fsp3) is 0.167. The molecule has 0 aliphatic rings. The molecule has 0 bridgehead atoms. The van der Waals surface area contributed by atoms with Crippen molar-refractivity contribution in [3.05, 3.63) is 45.7 Å². The van der Waals surface area contributed by atoms with Crippen molar-refractivity contribution in [2.45, 2.75) is 13.3 Å². The number of H-pyrrole nitrogens is 1. The van der Waals surface area contributed by atoms with Crippen LogP contribution >= 0.6 is 0 Å². The predicted molar refractivity (Wildman–Crippen MR) is 58.3 cm³/mol. The predicted octanol–water partition coefficient (Wildman–Crippen LogP) is 0.454. The number of fused-ring (bicyclic) bond motifs is 1. The third-order valence-corrected chi connectivity index (χ3v) is 2.54. The lowest BCUT2D eigenvalue weighted by Gasteiger charge is -2.10. The molecule has 2 rings (SSSR count). The van der Waals surface area contributed by atoms with Crippen molar-refractivity contribution < 1.29 is 9.90 Å². The van der Waals surface area contributed by atoms with E-state index in [4.69, 9.17) is 0 Å². The highest BCUT2D eigenvalue weighted by molar-refractivity contribution is 5.92. The molecule has 82 valence electrons. The summed E-state index contributed by atoms with van der Waals surface area (Å²) in [5, 5.41) is 11.3. The van der Waals surface area contributed by atoms with Crippen LogP contribution in [-0.2, 0) is 6.42 Å². The molecule has 0 saturated carbocycles. The van der Waals surface area contributed by atoms with Gasteiger partial charge < -0.3 is 14.9 Å². The lowest BCUT2D eigenvalue weighted by atomic mass is 10.1. The lowest BCUT2D eigenvalue weighted by molar-refractivity contribution is -0.255. The first-order valence-corrected chi connectivity index (χ1v) is 5.00. The number of carbonyl (C=O) groups is 1. The molecule has 0 saturated heterocycles. The highest BCUT2D eigenvalue weighted by Gasteiger charge is 2.10. The van der Waals surface area contributed by atoms with E-state index in [1.807, 2.05) is 0 Å². The Labute approximate surface area is 91.5 Å². The molecular weight excluding hydrogens is 206 g/mol. The molecule has 0 unspecified atom stereocenters. The van der Waals surface area contributed by atoms with Gasteiger partial charge in [0.15, 0.2) is 5.43 Å². The van der Waals surface area contributed by atoms with Crippen LogP contribution in [0.25, 0.3) is 10.9 Å². The Morgan fingerprint density at radius 2 is 2.06 bits per heavy atom. The van der Waals surface area contributed by atoms with Gasteiger partial charge in [-0.2, -0.15) is 0 Å². The molecule has 1 aromatic carbocycles. The van der Waals surface area contributed by atoms with Crippen LogP contribution in [0.2, 0.25) is 0 Å². The summed E-state index contributed by atoms with van der Waals surface area (Å²) in [6.45, 7) is 1.78. The number of benzene rings is 1. The Morgan fingerprint density at radius 3 is 2.69 bits per heavy atom. The van der Waals surface area contributed by atoms with Crippen molar-refractivity contribution in [2.24, 2.45) is 0 Å². The smallest absolute Gasteiger partial charge is 0.198 e. The van der Waals surface area contributed by atoms with E-state index in [2.05, 4.69) is 4.98 Å². The maximum Gasteiger partial charge on any atom is 0.198 e. The number of carbonyl (C=O) groups excluding carboxylic acids is 1. The van der Waals surface area contributed by atoms with Crippen LogP contribution in [0.4, 0.5) is 0 Å². The van der Waals surface area contributed by atoms with E-state index < -0.39 is 11.4 Å². The second-order valence-electron chi connectivity index (χ2n) is 3.49. The third kappa shape index (κ3) is 1.48. The van der Waals surface area contributed by atoms with Gasteiger partial charge in [0.2, 0.25) is 0 Å². The molecule has 1 N–H and O–H groups in total. The van der Waals surface area contributed by atoms with Crippen LogP contribution in [0.3, 0.4) is 0 Å². The van der Waals surface area contributed by atoms with E-state index in [0.717, 1.165) is 0 Å². The summed E-state index contributed by atoms with van der Waals surface area (Å²) >= 11 is 0. The normalized spacial score (nSPS) is 10.6. The van der Waals surface area contributed by atoms with Gasteiger partial charge in [-0.1, -0.05) is 19.1 Å². The van der Waals surface area contributed by atoms with Crippen LogP contribution in [0.1, 0.15) is 23.0 Å². The van der Waals surface area contributed by atoms with E-state index in [0.29, 0.717) is 23.0 Å². The average Bonchev–Trinajstić information content (AvgIpc) is 2.28. The summed E-state index contributed by atoms with van der Waals surface area (Å²) in [4.78, 5) is 25.8. The molecule has 1 aromatic heterocycles. The highest BCUT2D eigenvalue weighted by Crippen LogP contribution is 2.11. The molecule has 0 atom stereocenters. The van der Waals surface area contributed by atoms with Crippen LogP contribution in [0.5, 0.6) is 0 Å². The maximum absolute atomic E-state index is 11.9. The summed E-state index contributed by atoms with van der Waals surface area (Å²) in [6.07, 6.45) is 0.448. The molecule has 16 heavy (non-hydrogen) atoms. The topological polar surface area (TPSA) is 73.0 Å². The molecule has 0 fully saturated rings. The number of carboxylic acid groups (broad SMARTS) is 1. The minimum absolute atomic E-state index is 0.263. The van der Waals surface area contributed by atoms with Crippen molar-refractivity contribution in [1.29, 1.82) is 0 Å². The van der Waals surface area contributed by atoms with E-state index in [9.17, 15) is 14.7 Å². The standard InChI is InChI=1S/C12H11NO3/c1-2-8-10(12(15)16)11(14)7-5-3-4-6-9(7)13-8/h3-6H,2H2,1H3,(H,13,14)(H,15,16)/p-1. The van der Waals surface area contributed by atoms with Crippen molar-refractivity contribution in [3.8, 4) is 0 Å². The van der Waals surface area contributed by atoms with Gasteiger partial charge in [0.1, 0.15) is 0 Å². The van der Waals surface area contributed by atoms with E-state index in [-0.39, 0.29) is 5.56 Å². The van der Waals surface area contributed by atoms with E-state index in [1.54, 1.807) is 31.2 Å². The fourth-order valence-corrected chi connectivity index (χ4v) is 1.77. The minimum Gasteiger partial charge on any atom is -0.545 e. The largest absolute Gasteiger partial charge is 0.545 e. The van der Waals surface area contributed by atoms with Crippen molar-refractivity contribution in [1.82, 2.24) is 4.98 Å². The molecule has 2 aromatic rings. The molecule has 4 nitrogen and oxygen atoms in total. The summed E-state index contributed by atoms with van der Waals surface area (Å²) < 4.78 is 0. The molecule has 0 spiro atoms. The Bertz CT molecular complexity index is 613. The van der Waals surface area contributed by atoms with Gasteiger partial charge >= 0.3 is 0 Å². The number of pyridine rings is 1. The second-order valence-corrected chi connectivity index (χ2v) is 3.49. The Morgan fingerprint density at radius 1 is 1.38 bits per heavy atom. The zero-order valence-corrected chi connectivity index (χ0v) is 8.74. The molecule has 0 amide bonds.